The number of benzene rings is 1. The molecule has 2 heterocycles. The molecular formula is C16H19NO3. The molecule has 0 saturated heterocycles. The molecule has 106 valence electrons. The van der Waals surface area contributed by atoms with Gasteiger partial charge in [0.25, 0.3) is 0 Å². The van der Waals surface area contributed by atoms with Crippen molar-refractivity contribution in [3.8, 4) is 11.5 Å². The Hall–Kier alpha value is -1.52. The number of nitrogens with one attached hydrogen (secondary N) is 1. The van der Waals surface area contributed by atoms with Gasteiger partial charge in [0.2, 0.25) is 0 Å². The highest BCUT2D eigenvalue weighted by molar-refractivity contribution is 5.60. The normalized spacial score (nSPS) is 33.9. The lowest BCUT2D eigenvalue weighted by Crippen LogP contribution is -2.42. The quantitative estimate of drug-likeness (QED) is 0.762. The molecule has 3 aliphatic rings. The highest BCUT2D eigenvalue weighted by Crippen LogP contribution is 2.55. The maximum absolute atomic E-state index is 9.92. The molecule has 0 amide bonds. The first-order chi connectivity index (χ1) is 9.74. The Morgan fingerprint density at radius 3 is 3.20 bits per heavy atom. The van der Waals surface area contributed by atoms with E-state index in [1.807, 2.05) is 12.1 Å². The molecular weight excluding hydrogens is 254 g/mol. The largest absolute Gasteiger partial charge is 0.493 e. The summed E-state index contributed by atoms with van der Waals surface area (Å²) in [4.78, 5) is 0. The van der Waals surface area contributed by atoms with E-state index in [4.69, 9.17) is 9.47 Å². The molecule has 2 N–H and O–H groups in total. The first-order valence-electron chi connectivity index (χ1n) is 7.20. The second-order valence-corrected chi connectivity index (χ2v) is 5.87. The number of aliphatic hydroxyl groups excluding tert-OH is 1. The summed E-state index contributed by atoms with van der Waals surface area (Å²) in [5.41, 5.74) is 2.43. The molecule has 0 saturated carbocycles. The Bertz CT molecular complexity index is 583. The monoisotopic (exact) mass is 273 g/mol. The fraction of sp³-hybridized carbons (Fsp3) is 0.500. The van der Waals surface area contributed by atoms with E-state index < -0.39 is 6.10 Å². The lowest BCUT2D eigenvalue weighted by Gasteiger charge is -2.35. The molecule has 4 rings (SSSR count). The topological polar surface area (TPSA) is 50.7 Å². The Morgan fingerprint density at radius 2 is 2.35 bits per heavy atom. The summed E-state index contributed by atoms with van der Waals surface area (Å²) in [6.07, 6.45) is 5.32. The number of methoxy groups -OCH3 is 1. The molecule has 1 spiro atoms. The van der Waals surface area contributed by atoms with Gasteiger partial charge in [-0.2, -0.15) is 0 Å². The summed E-state index contributed by atoms with van der Waals surface area (Å²) in [5, 5.41) is 13.4. The van der Waals surface area contributed by atoms with Crippen LogP contribution in [0.4, 0.5) is 0 Å². The van der Waals surface area contributed by atoms with Crippen molar-refractivity contribution < 1.29 is 14.6 Å². The zero-order valence-electron chi connectivity index (χ0n) is 11.6. The molecule has 0 unspecified atom stereocenters. The molecule has 1 aromatic carbocycles. The summed E-state index contributed by atoms with van der Waals surface area (Å²) in [6.45, 7) is 1.82. The second-order valence-electron chi connectivity index (χ2n) is 5.87. The number of aliphatic hydroxyl groups is 1. The third kappa shape index (κ3) is 1.49. The zero-order valence-corrected chi connectivity index (χ0v) is 11.6. The third-order valence-corrected chi connectivity index (χ3v) is 4.83. The number of rotatable bonds is 1. The van der Waals surface area contributed by atoms with Crippen molar-refractivity contribution in [3.05, 3.63) is 35.4 Å². The van der Waals surface area contributed by atoms with E-state index in [1.165, 1.54) is 11.1 Å². The summed E-state index contributed by atoms with van der Waals surface area (Å²) in [6, 6.07) is 4.11. The van der Waals surface area contributed by atoms with Gasteiger partial charge in [-0.25, -0.2) is 0 Å². The first-order valence-corrected chi connectivity index (χ1v) is 7.20. The van der Waals surface area contributed by atoms with Crippen LogP contribution in [-0.4, -0.2) is 31.0 Å². The number of ether oxygens (including phenoxy) is 2. The molecule has 1 aliphatic carbocycles. The van der Waals surface area contributed by atoms with E-state index in [1.54, 1.807) is 7.11 Å². The highest BCUT2D eigenvalue weighted by atomic mass is 16.5. The van der Waals surface area contributed by atoms with Crippen LogP contribution >= 0.6 is 0 Å². The summed E-state index contributed by atoms with van der Waals surface area (Å²) >= 11 is 0. The van der Waals surface area contributed by atoms with Gasteiger partial charge in [0.05, 0.1) is 18.6 Å². The third-order valence-electron chi connectivity index (χ3n) is 4.83. The maximum Gasteiger partial charge on any atom is 0.166 e. The van der Waals surface area contributed by atoms with Gasteiger partial charge >= 0.3 is 0 Å². The highest BCUT2D eigenvalue weighted by Gasteiger charge is 2.52. The van der Waals surface area contributed by atoms with Gasteiger partial charge in [0, 0.05) is 18.5 Å². The van der Waals surface area contributed by atoms with Crippen LogP contribution < -0.4 is 14.8 Å². The fourth-order valence-corrected chi connectivity index (χ4v) is 3.87. The van der Waals surface area contributed by atoms with Crippen molar-refractivity contribution in [2.75, 3.05) is 13.7 Å². The lowest BCUT2D eigenvalue weighted by molar-refractivity contribution is 0.0851. The molecule has 0 fully saturated rings. The van der Waals surface area contributed by atoms with Crippen LogP contribution in [0.3, 0.4) is 0 Å². The predicted molar refractivity (Wildman–Crippen MR) is 75.2 cm³/mol. The van der Waals surface area contributed by atoms with Crippen LogP contribution in [0, 0.1) is 0 Å². The van der Waals surface area contributed by atoms with Crippen molar-refractivity contribution >= 4 is 0 Å². The average molecular weight is 273 g/mol. The van der Waals surface area contributed by atoms with Crippen LogP contribution in [0.5, 0.6) is 11.5 Å². The van der Waals surface area contributed by atoms with Crippen LogP contribution in [0.2, 0.25) is 0 Å². The van der Waals surface area contributed by atoms with E-state index in [9.17, 15) is 5.11 Å². The molecule has 20 heavy (non-hydrogen) atoms. The van der Waals surface area contributed by atoms with Crippen molar-refractivity contribution in [2.24, 2.45) is 0 Å². The van der Waals surface area contributed by atoms with Gasteiger partial charge in [-0.1, -0.05) is 18.2 Å². The Morgan fingerprint density at radius 1 is 1.45 bits per heavy atom. The molecule has 0 aromatic heterocycles. The minimum Gasteiger partial charge on any atom is -0.493 e. The van der Waals surface area contributed by atoms with E-state index in [0.717, 1.165) is 31.0 Å². The van der Waals surface area contributed by atoms with Crippen molar-refractivity contribution in [1.29, 1.82) is 0 Å². The van der Waals surface area contributed by atoms with Crippen molar-refractivity contribution in [3.63, 3.8) is 0 Å². The lowest BCUT2D eigenvalue weighted by atomic mass is 9.69. The van der Waals surface area contributed by atoms with Gasteiger partial charge in [-0.3, -0.25) is 0 Å². The van der Waals surface area contributed by atoms with Gasteiger partial charge in [0.15, 0.2) is 11.5 Å². The molecule has 1 aromatic rings. The summed E-state index contributed by atoms with van der Waals surface area (Å²) < 4.78 is 11.7. The SMILES string of the molecule is COc1ccc2c3c1O[C@@H]1C[C@H](O)C=C[C@]31CCNC2. The second kappa shape index (κ2) is 4.24. The minimum absolute atomic E-state index is 0.00690. The molecule has 3 atom stereocenters. The molecule has 0 radical (unpaired) electrons. The van der Waals surface area contributed by atoms with Crippen LogP contribution in [-0.2, 0) is 12.0 Å². The van der Waals surface area contributed by atoms with Crippen LogP contribution in [0.15, 0.2) is 24.3 Å². The van der Waals surface area contributed by atoms with Gasteiger partial charge in [-0.05, 0) is 24.6 Å². The Balaban J connectivity index is 1.96. The molecule has 0 bridgehead atoms. The fourth-order valence-electron chi connectivity index (χ4n) is 3.87. The number of hydrogen-bond acceptors (Lipinski definition) is 4. The molecule has 4 nitrogen and oxygen atoms in total. The van der Waals surface area contributed by atoms with Crippen LogP contribution in [0.25, 0.3) is 0 Å². The van der Waals surface area contributed by atoms with E-state index in [0.29, 0.717) is 6.42 Å². The Labute approximate surface area is 118 Å². The van der Waals surface area contributed by atoms with Gasteiger partial charge in [-0.15, -0.1) is 0 Å². The van der Waals surface area contributed by atoms with Gasteiger partial charge < -0.3 is 19.9 Å². The van der Waals surface area contributed by atoms with Crippen molar-refractivity contribution in [2.45, 2.75) is 37.0 Å². The minimum atomic E-state index is -0.411. The van der Waals surface area contributed by atoms with E-state index in [2.05, 4.69) is 17.5 Å². The smallest absolute Gasteiger partial charge is 0.166 e. The number of hydrogen-bond donors (Lipinski definition) is 2. The maximum atomic E-state index is 9.92. The van der Waals surface area contributed by atoms with E-state index in [-0.39, 0.29) is 11.5 Å². The Kier molecular flexibility index (Phi) is 2.59. The molecule has 4 heteroatoms. The molecule has 2 aliphatic heterocycles. The summed E-state index contributed by atoms with van der Waals surface area (Å²) in [7, 11) is 1.68. The standard InChI is InChI=1S/C16H19NO3/c1-19-12-3-2-10-9-17-7-6-16-5-4-11(18)8-13(16)20-15(12)14(10)16/h2-5,11,13,17-18H,6-9H2,1H3/t11-,13-,16-/m1/s1. The van der Waals surface area contributed by atoms with Gasteiger partial charge in [0.1, 0.15) is 6.10 Å². The first kappa shape index (κ1) is 12.2. The van der Waals surface area contributed by atoms with Crippen LogP contribution in [0.1, 0.15) is 24.0 Å². The zero-order chi connectivity index (χ0) is 13.7. The summed E-state index contributed by atoms with van der Waals surface area (Å²) in [5.74, 6) is 1.67. The average Bonchev–Trinajstić information content (AvgIpc) is 2.66. The van der Waals surface area contributed by atoms with E-state index >= 15 is 0 Å². The predicted octanol–water partition coefficient (Wildman–Crippen LogP) is 1.51. The van der Waals surface area contributed by atoms with Crippen molar-refractivity contribution in [1.82, 2.24) is 5.32 Å².